The van der Waals surface area contributed by atoms with Crippen molar-refractivity contribution in [3.8, 4) is 0 Å². The number of benzene rings is 1. The van der Waals surface area contributed by atoms with Crippen molar-refractivity contribution in [1.82, 2.24) is 10.9 Å². The zero-order valence-electron chi connectivity index (χ0n) is 13.2. The average Bonchev–Trinajstić information content (AvgIpc) is 2.98. The van der Waals surface area contributed by atoms with E-state index in [-0.39, 0.29) is 16.7 Å². The van der Waals surface area contributed by atoms with Gasteiger partial charge in [0.05, 0.1) is 10.6 Å². The second-order valence-corrected chi connectivity index (χ2v) is 7.47. The molecule has 1 aliphatic carbocycles. The Morgan fingerprint density at radius 2 is 2.12 bits per heavy atom. The molecule has 1 aromatic carbocycles. The van der Waals surface area contributed by atoms with E-state index in [1.165, 1.54) is 34.3 Å². The normalized spacial score (nSPS) is 16.2. The fourth-order valence-corrected chi connectivity index (χ4v) is 3.97. The zero-order chi connectivity index (χ0) is 17.1. The minimum absolute atomic E-state index is 0.128. The Hall–Kier alpha value is -1.99. The number of amides is 1. The van der Waals surface area contributed by atoms with Crippen molar-refractivity contribution in [2.45, 2.75) is 26.2 Å². The number of thiocarbonyl (C=S) groups is 1. The standard InChI is InChI=1S/C17H18FN3OS2/c1-10-6-7-14-11(8-10)9-15(24-14)16(22)20-21-17(23)19-13-5-3-2-4-12(13)18/h2-5,9-10H,6-8H2,1H3,(H,20,22)(H2,19,21,23)/t10-/m0/s1. The zero-order valence-corrected chi connectivity index (χ0v) is 14.8. The predicted octanol–water partition coefficient (Wildman–Crippen LogP) is 3.64. The summed E-state index contributed by atoms with van der Waals surface area (Å²) < 4.78 is 13.5. The van der Waals surface area contributed by atoms with Crippen LogP contribution in [0, 0.1) is 11.7 Å². The van der Waals surface area contributed by atoms with E-state index in [0.717, 1.165) is 12.8 Å². The monoisotopic (exact) mass is 363 g/mol. The highest BCUT2D eigenvalue weighted by Crippen LogP contribution is 2.32. The van der Waals surface area contributed by atoms with Crippen LogP contribution in [0.1, 0.15) is 33.5 Å². The molecule has 1 atom stereocenters. The number of anilines is 1. The summed E-state index contributed by atoms with van der Waals surface area (Å²) in [5.74, 6) is 0.0199. The molecule has 0 saturated carbocycles. The molecule has 1 aliphatic rings. The molecule has 0 aliphatic heterocycles. The number of hydrazine groups is 1. The number of thiophene rings is 1. The molecule has 24 heavy (non-hydrogen) atoms. The van der Waals surface area contributed by atoms with E-state index in [1.807, 2.05) is 6.07 Å². The first-order chi connectivity index (χ1) is 11.5. The van der Waals surface area contributed by atoms with Gasteiger partial charge in [-0.1, -0.05) is 19.1 Å². The molecule has 0 saturated heterocycles. The van der Waals surface area contributed by atoms with Gasteiger partial charge in [-0.15, -0.1) is 11.3 Å². The summed E-state index contributed by atoms with van der Waals surface area (Å²) in [5.41, 5.74) is 6.69. The van der Waals surface area contributed by atoms with Crippen LogP contribution in [-0.4, -0.2) is 11.0 Å². The Morgan fingerprint density at radius 1 is 1.33 bits per heavy atom. The van der Waals surface area contributed by atoms with E-state index >= 15 is 0 Å². The van der Waals surface area contributed by atoms with E-state index in [4.69, 9.17) is 12.2 Å². The van der Waals surface area contributed by atoms with Crippen LogP contribution >= 0.6 is 23.6 Å². The molecule has 0 fully saturated rings. The quantitative estimate of drug-likeness (QED) is 0.563. The lowest BCUT2D eigenvalue weighted by Gasteiger charge is -2.16. The highest BCUT2D eigenvalue weighted by Gasteiger charge is 2.20. The molecule has 2 aromatic rings. The number of aryl methyl sites for hydroxylation is 1. The number of para-hydroxylation sites is 1. The van der Waals surface area contributed by atoms with Crippen LogP contribution in [0.15, 0.2) is 30.3 Å². The van der Waals surface area contributed by atoms with E-state index in [0.29, 0.717) is 10.8 Å². The van der Waals surface area contributed by atoms with Crippen LogP contribution in [0.25, 0.3) is 0 Å². The molecular weight excluding hydrogens is 345 g/mol. The van der Waals surface area contributed by atoms with Crippen molar-refractivity contribution >= 4 is 40.3 Å². The molecule has 1 heterocycles. The highest BCUT2D eigenvalue weighted by molar-refractivity contribution is 7.80. The Kier molecular flexibility index (Phi) is 5.11. The number of carbonyl (C=O) groups excluding carboxylic acids is 1. The second kappa shape index (κ2) is 7.27. The topological polar surface area (TPSA) is 53.2 Å². The minimum Gasteiger partial charge on any atom is -0.329 e. The van der Waals surface area contributed by atoms with Gasteiger partial charge >= 0.3 is 0 Å². The molecule has 0 spiro atoms. The molecule has 0 radical (unpaired) electrons. The smallest absolute Gasteiger partial charge is 0.279 e. The van der Waals surface area contributed by atoms with Crippen molar-refractivity contribution in [2.75, 3.05) is 5.32 Å². The Labute approximate surface area is 149 Å². The predicted molar refractivity (Wildman–Crippen MR) is 98.7 cm³/mol. The third-order valence-corrected chi connectivity index (χ3v) is 5.40. The molecule has 4 nitrogen and oxygen atoms in total. The lowest BCUT2D eigenvalue weighted by Crippen LogP contribution is -2.43. The molecule has 0 unspecified atom stereocenters. The fraction of sp³-hybridized carbons (Fsp3) is 0.294. The molecule has 1 amide bonds. The summed E-state index contributed by atoms with van der Waals surface area (Å²) in [6.45, 7) is 2.23. The van der Waals surface area contributed by atoms with Gasteiger partial charge in [0.25, 0.3) is 5.91 Å². The summed E-state index contributed by atoms with van der Waals surface area (Å²) in [5, 5.41) is 2.83. The SMILES string of the molecule is C[C@H]1CCc2sc(C(=O)NNC(=S)Nc3ccccc3F)cc2C1. The van der Waals surface area contributed by atoms with Crippen LogP contribution in [0.2, 0.25) is 0 Å². The van der Waals surface area contributed by atoms with Gasteiger partial charge in [-0.3, -0.25) is 15.6 Å². The van der Waals surface area contributed by atoms with Crippen molar-refractivity contribution in [1.29, 1.82) is 0 Å². The van der Waals surface area contributed by atoms with Crippen molar-refractivity contribution < 1.29 is 9.18 Å². The largest absolute Gasteiger partial charge is 0.329 e. The molecule has 3 rings (SSSR count). The average molecular weight is 363 g/mol. The van der Waals surface area contributed by atoms with Gasteiger partial charge in [0, 0.05) is 4.88 Å². The summed E-state index contributed by atoms with van der Waals surface area (Å²) in [6, 6.07) is 8.16. The van der Waals surface area contributed by atoms with Crippen molar-refractivity contribution in [2.24, 2.45) is 5.92 Å². The molecule has 3 N–H and O–H groups in total. The molecule has 7 heteroatoms. The lowest BCUT2D eigenvalue weighted by atomic mass is 9.90. The van der Waals surface area contributed by atoms with Crippen LogP contribution in [0.5, 0.6) is 0 Å². The molecular formula is C17H18FN3OS2. The van der Waals surface area contributed by atoms with Gasteiger partial charge in [-0.2, -0.15) is 0 Å². The Balaban J connectivity index is 1.56. The van der Waals surface area contributed by atoms with E-state index in [1.54, 1.807) is 18.2 Å². The van der Waals surface area contributed by atoms with E-state index < -0.39 is 5.82 Å². The number of fused-ring (bicyclic) bond motifs is 1. The first kappa shape index (κ1) is 16.9. The van der Waals surface area contributed by atoms with Gasteiger partial charge in [0.2, 0.25) is 0 Å². The third kappa shape index (κ3) is 3.91. The number of nitrogens with one attached hydrogen (secondary N) is 3. The first-order valence-corrected chi connectivity index (χ1v) is 8.99. The van der Waals surface area contributed by atoms with Crippen LogP contribution < -0.4 is 16.2 Å². The Morgan fingerprint density at radius 3 is 2.92 bits per heavy atom. The Bertz CT molecular complexity index is 775. The maximum atomic E-state index is 13.5. The van der Waals surface area contributed by atoms with Gasteiger partial charge in [0.15, 0.2) is 5.11 Å². The summed E-state index contributed by atoms with van der Waals surface area (Å²) in [6.07, 6.45) is 3.23. The van der Waals surface area contributed by atoms with Gasteiger partial charge in [-0.25, -0.2) is 4.39 Å². The van der Waals surface area contributed by atoms with Crippen LogP contribution in [0.3, 0.4) is 0 Å². The van der Waals surface area contributed by atoms with Gasteiger partial charge in [-0.05, 0) is 61.2 Å². The van der Waals surface area contributed by atoms with E-state index in [9.17, 15) is 9.18 Å². The number of hydrogen-bond donors (Lipinski definition) is 3. The van der Waals surface area contributed by atoms with Crippen LogP contribution in [0.4, 0.5) is 10.1 Å². The van der Waals surface area contributed by atoms with Crippen molar-refractivity contribution in [3.63, 3.8) is 0 Å². The molecule has 0 bridgehead atoms. The van der Waals surface area contributed by atoms with Gasteiger partial charge < -0.3 is 5.32 Å². The van der Waals surface area contributed by atoms with E-state index in [2.05, 4.69) is 23.1 Å². The van der Waals surface area contributed by atoms with Crippen molar-refractivity contribution in [3.05, 3.63) is 51.5 Å². The van der Waals surface area contributed by atoms with Gasteiger partial charge in [0.1, 0.15) is 5.82 Å². The maximum Gasteiger partial charge on any atom is 0.279 e. The minimum atomic E-state index is -0.409. The first-order valence-electron chi connectivity index (χ1n) is 7.76. The molecule has 1 aromatic heterocycles. The number of halogens is 1. The van der Waals surface area contributed by atoms with Crippen LogP contribution in [-0.2, 0) is 12.8 Å². The summed E-state index contributed by atoms with van der Waals surface area (Å²) >= 11 is 6.59. The number of rotatable bonds is 2. The molecule has 126 valence electrons. The highest BCUT2D eigenvalue weighted by atomic mass is 32.1. The summed E-state index contributed by atoms with van der Waals surface area (Å²) in [7, 11) is 0. The maximum absolute atomic E-state index is 13.5. The summed E-state index contributed by atoms with van der Waals surface area (Å²) in [4.78, 5) is 14.2. The lowest BCUT2D eigenvalue weighted by molar-refractivity contribution is 0.0948. The number of hydrogen-bond acceptors (Lipinski definition) is 3. The second-order valence-electron chi connectivity index (χ2n) is 5.92. The fourth-order valence-electron chi connectivity index (χ4n) is 2.71. The third-order valence-electron chi connectivity index (χ3n) is 3.96. The number of carbonyl (C=O) groups is 1.